The van der Waals surface area contributed by atoms with E-state index >= 15 is 0 Å². The van der Waals surface area contributed by atoms with Crippen LogP contribution in [-0.2, 0) is 4.79 Å². The molecule has 0 saturated carbocycles. The number of hydrogen-bond donors (Lipinski definition) is 0. The zero-order valence-electron chi connectivity index (χ0n) is 14.5. The maximum absolute atomic E-state index is 13.2. The molecule has 1 aromatic carbocycles. The van der Waals surface area contributed by atoms with Gasteiger partial charge in [0.1, 0.15) is 5.92 Å². The third-order valence-corrected chi connectivity index (χ3v) is 4.77. The molecule has 1 atom stereocenters. The Hall–Kier alpha value is -2.20. The Kier molecular flexibility index (Phi) is 5.26. The SMILES string of the molecule is CCN1CCN(C(=O)C(c2ccc(C)cc2)c2ccccn2)CC1. The summed E-state index contributed by atoms with van der Waals surface area (Å²) in [5.41, 5.74) is 3.04. The number of benzene rings is 1. The minimum Gasteiger partial charge on any atom is -0.339 e. The van der Waals surface area contributed by atoms with Gasteiger partial charge in [0.25, 0.3) is 0 Å². The second kappa shape index (κ2) is 7.58. The lowest BCUT2D eigenvalue weighted by atomic mass is 9.92. The molecule has 4 nitrogen and oxygen atoms in total. The van der Waals surface area contributed by atoms with Crippen LogP contribution in [0.1, 0.15) is 29.7 Å². The molecule has 0 bridgehead atoms. The molecule has 0 N–H and O–H groups in total. The van der Waals surface area contributed by atoms with Crippen molar-refractivity contribution >= 4 is 5.91 Å². The van der Waals surface area contributed by atoms with Gasteiger partial charge in [0.05, 0.1) is 5.69 Å². The number of amides is 1. The van der Waals surface area contributed by atoms with E-state index in [9.17, 15) is 4.79 Å². The fraction of sp³-hybridized carbons (Fsp3) is 0.400. The number of carbonyl (C=O) groups excluding carboxylic acids is 1. The summed E-state index contributed by atoms with van der Waals surface area (Å²) in [5.74, 6) is -0.159. The highest BCUT2D eigenvalue weighted by atomic mass is 16.2. The van der Waals surface area contributed by atoms with E-state index in [1.165, 1.54) is 5.56 Å². The number of nitrogens with zero attached hydrogens (tertiary/aromatic N) is 3. The van der Waals surface area contributed by atoms with E-state index in [-0.39, 0.29) is 11.8 Å². The van der Waals surface area contributed by atoms with Crippen LogP contribution < -0.4 is 0 Å². The minimum absolute atomic E-state index is 0.160. The number of carbonyl (C=O) groups is 1. The maximum atomic E-state index is 13.2. The molecule has 2 heterocycles. The first-order valence-electron chi connectivity index (χ1n) is 8.67. The first kappa shape index (κ1) is 16.7. The average Bonchev–Trinajstić information content (AvgIpc) is 2.64. The summed E-state index contributed by atoms with van der Waals surface area (Å²) in [6.45, 7) is 8.76. The lowest BCUT2D eigenvalue weighted by Crippen LogP contribution is -2.50. The Labute approximate surface area is 144 Å². The summed E-state index contributed by atoms with van der Waals surface area (Å²) in [7, 11) is 0. The topological polar surface area (TPSA) is 36.4 Å². The van der Waals surface area contributed by atoms with Crippen LogP contribution in [0.4, 0.5) is 0 Å². The Morgan fingerprint density at radius 1 is 1.08 bits per heavy atom. The normalized spacial score (nSPS) is 16.8. The van der Waals surface area contributed by atoms with Gasteiger partial charge >= 0.3 is 0 Å². The van der Waals surface area contributed by atoms with E-state index in [4.69, 9.17) is 0 Å². The molecule has 1 aliphatic rings. The van der Waals surface area contributed by atoms with Crippen molar-refractivity contribution in [2.24, 2.45) is 0 Å². The molecule has 1 aliphatic heterocycles. The van der Waals surface area contributed by atoms with Gasteiger partial charge in [-0.25, -0.2) is 0 Å². The van der Waals surface area contributed by atoms with E-state index in [0.717, 1.165) is 44.0 Å². The number of likely N-dealkylation sites (N-methyl/N-ethyl adjacent to an activating group) is 1. The summed E-state index contributed by atoms with van der Waals surface area (Å²) in [4.78, 5) is 22.1. The molecule has 1 saturated heterocycles. The number of hydrogen-bond acceptors (Lipinski definition) is 3. The predicted octanol–water partition coefficient (Wildman–Crippen LogP) is 2.69. The highest BCUT2D eigenvalue weighted by Gasteiger charge is 2.30. The van der Waals surface area contributed by atoms with Gasteiger partial charge in [-0.05, 0) is 31.2 Å². The van der Waals surface area contributed by atoms with Gasteiger partial charge in [0.2, 0.25) is 5.91 Å². The summed E-state index contributed by atoms with van der Waals surface area (Å²) in [6.07, 6.45) is 1.76. The fourth-order valence-electron chi connectivity index (χ4n) is 3.21. The highest BCUT2D eigenvalue weighted by Crippen LogP contribution is 2.26. The molecule has 0 spiro atoms. The van der Waals surface area contributed by atoms with Gasteiger partial charge in [0.15, 0.2) is 0 Å². The molecule has 2 aromatic rings. The van der Waals surface area contributed by atoms with E-state index < -0.39 is 0 Å². The lowest BCUT2D eigenvalue weighted by Gasteiger charge is -2.36. The Bertz CT molecular complexity index is 661. The second-order valence-corrected chi connectivity index (χ2v) is 6.36. The van der Waals surface area contributed by atoms with Crippen LogP contribution in [-0.4, -0.2) is 53.4 Å². The maximum Gasteiger partial charge on any atom is 0.236 e. The van der Waals surface area contributed by atoms with Crippen LogP contribution in [0.5, 0.6) is 0 Å². The van der Waals surface area contributed by atoms with Crippen LogP contribution in [0.2, 0.25) is 0 Å². The minimum atomic E-state index is -0.319. The van der Waals surface area contributed by atoms with Gasteiger partial charge in [-0.2, -0.15) is 0 Å². The molecule has 1 unspecified atom stereocenters. The van der Waals surface area contributed by atoms with Crippen LogP contribution in [0.3, 0.4) is 0 Å². The van der Waals surface area contributed by atoms with E-state index in [0.29, 0.717) is 0 Å². The second-order valence-electron chi connectivity index (χ2n) is 6.36. The van der Waals surface area contributed by atoms with Gasteiger partial charge < -0.3 is 9.80 Å². The average molecular weight is 323 g/mol. The number of aromatic nitrogens is 1. The quantitative estimate of drug-likeness (QED) is 0.868. The summed E-state index contributed by atoms with van der Waals surface area (Å²) in [5, 5.41) is 0. The number of rotatable bonds is 4. The molecule has 0 radical (unpaired) electrons. The van der Waals surface area contributed by atoms with Gasteiger partial charge in [-0.1, -0.05) is 42.8 Å². The van der Waals surface area contributed by atoms with E-state index in [2.05, 4.69) is 48.0 Å². The van der Waals surface area contributed by atoms with Gasteiger partial charge in [-0.3, -0.25) is 9.78 Å². The van der Waals surface area contributed by atoms with Crippen LogP contribution >= 0.6 is 0 Å². The summed E-state index contributed by atoms with van der Waals surface area (Å²) >= 11 is 0. The van der Waals surface area contributed by atoms with Gasteiger partial charge in [-0.15, -0.1) is 0 Å². The molecule has 0 aliphatic carbocycles. The Morgan fingerprint density at radius 3 is 2.38 bits per heavy atom. The molecular formula is C20H25N3O. The highest BCUT2D eigenvalue weighted by molar-refractivity contribution is 5.86. The number of piperazine rings is 1. The van der Waals surface area contributed by atoms with Crippen LogP contribution in [0, 0.1) is 6.92 Å². The van der Waals surface area contributed by atoms with Crippen molar-refractivity contribution in [1.82, 2.24) is 14.8 Å². The van der Waals surface area contributed by atoms with Gasteiger partial charge in [0, 0.05) is 32.4 Å². The third-order valence-electron chi connectivity index (χ3n) is 4.77. The number of aryl methyl sites for hydroxylation is 1. The van der Waals surface area contributed by atoms with Crippen molar-refractivity contribution in [3.8, 4) is 0 Å². The van der Waals surface area contributed by atoms with Crippen molar-refractivity contribution in [3.63, 3.8) is 0 Å². The summed E-state index contributed by atoms with van der Waals surface area (Å²) in [6, 6.07) is 14.0. The van der Waals surface area contributed by atoms with Crippen molar-refractivity contribution in [2.45, 2.75) is 19.8 Å². The Balaban J connectivity index is 1.87. The molecule has 3 rings (SSSR count). The zero-order valence-corrected chi connectivity index (χ0v) is 14.5. The van der Waals surface area contributed by atoms with Crippen molar-refractivity contribution in [1.29, 1.82) is 0 Å². The van der Waals surface area contributed by atoms with Crippen molar-refractivity contribution in [2.75, 3.05) is 32.7 Å². The molecule has 24 heavy (non-hydrogen) atoms. The van der Waals surface area contributed by atoms with E-state index in [1.54, 1.807) is 6.20 Å². The largest absolute Gasteiger partial charge is 0.339 e. The number of pyridine rings is 1. The molecule has 1 amide bonds. The van der Waals surface area contributed by atoms with Crippen LogP contribution in [0.25, 0.3) is 0 Å². The zero-order chi connectivity index (χ0) is 16.9. The fourth-order valence-corrected chi connectivity index (χ4v) is 3.21. The monoisotopic (exact) mass is 323 g/mol. The Morgan fingerprint density at radius 2 is 1.79 bits per heavy atom. The molecule has 1 aromatic heterocycles. The first-order chi connectivity index (χ1) is 11.7. The predicted molar refractivity (Wildman–Crippen MR) is 96.0 cm³/mol. The lowest BCUT2D eigenvalue weighted by molar-refractivity contribution is -0.133. The molecular weight excluding hydrogens is 298 g/mol. The van der Waals surface area contributed by atoms with Crippen molar-refractivity contribution < 1.29 is 4.79 Å². The molecule has 4 heteroatoms. The van der Waals surface area contributed by atoms with E-state index in [1.807, 2.05) is 23.1 Å². The van der Waals surface area contributed by atoms with Crippen LogP contribution in [0.15, 0.2) is 48.7 Å². The molecule has 1 fully saturated rings. The smallest absolute Gasteiger partial charge is 0.236 e. The van der Waals surface area contributed by atoms with Crippen molar-refractivity contribution in [3.05, 3.63) is 65.5 Å². The summed E-state index contributed by atoms with van der Waals surface area (Å²) < 4.78 is 0. The third kappa shape index (κ3) is 3.65. The standard InChI is InChI=1S/C20H25N3O/c1-3-22-12-14-23(15-13-22)20(24)19(18-6-4-5-11-21-18)17-9-7-16(2)8-10-17/h4-11,19H,3,12-15H2,1-2H3. The first-order valence-corrected chi connectivity index (χ1v) is 8.67. The molecule has 126 valence electrons.